The highest BCUT2D eigenvalue weighted by molar-refractivity contribution is 8.00. The molecule has 0 spiro atoms. The van der Waals surface area contributed by atoms with Crippen LogP contribution in [0.25, 0.3) is 11.4 Å². The van der Waals surface area contributed by atoms with Gasteiger partial charge in [-0.3, -0.25) is 4.79 Å². The van der Waals surface area contributed by atoms with Crippen LogP contribution in [0, 0.1) is 6.92 Å². The van der Waals surface area contributed by atoms with Crippen LogP contribution in [0.4, 0.5) is 5.69 Å². The molecular formula is C18H20N4O2S. The summed E-state index contributed by atoms with van der Waals surface area (Å²) in [5.41, 5.74) is 1.77. The molecule has 0 saturated carbocycles. The zero-order valence-corrected chi connectivity index (χ0v) is 15.4. The number of carbonyl (C=O) groups is 1. The van der Waals surface area contributed by atoms with Gasteiger partial charge in [-0.15, -0.1) is 10.2 Å². The molecule has 0 unspecified atom stereocenters. The van der Waals surface area contributed by atoms with Crippen molar-refractivity contribution in [3.8, 4) is 11.4 Å². The zero-order valence-electron chi connectivity index (χ0n) is 14.6. The van der Waals surface area contributed by atoms with E-state index < -0.39 is 0 Å². The van der Waals surface area contributed by atoms with Crippen molar-refractivity contribution < 1.29 is 9.21 Å². The number of thioether (sulfide) groups is 1. The molecule has 130 valence electrons. The maximum absolute atomic E-state index is 12.7. The number of carbonyl (C=O) groups excluding carboxylic acids is 1. The lowest BCUT2D eigenvalue weighted by Gasteiger charge is -2.20. The van der Waals surface area contributed by atoms with E-state index in [2.05, 4.69) is 10.2 Å². The summed E-state index contributed by atoms with van der Waals surface area (Å²) in [6, 6.07) is 11.5. The maximum atomic E-state index is 12.7. The minimum atomic E-state index is -0.286. The molecule has 25 heavy (non-hydrogen) atoms. The lowest BCUT2D eigenvalue weighted by Crippen LogP contribution is -2.33. The quantitative estimate of drug-likeness (QED) is 0.655. The molecule has 0 aliphatic carbocycles. The second-order valence-corrected chi connectivity index (χ2v) is 7.06. The summed E-state index contributed by atoms with van der Waals surface area (Å²) in [6.07, 6.45) is 1.63. The van der Waals surface area contributed by atoms with Crippen LogP contribution in [0.1, 0.15) is 12.7 Å². The Kier molecular flexibility index (Phi) is 4.94. The van der Waals surface area contributed by atoms with Crippen LogP contribution >= 0.6 is 11.8 Å². The zero-order chi connectivity index (χ0) is 18.0. The van der Waals surface area contributed by atoms with E-state index in [4.69, 9.17) is 4.42 Å². The van der Waals surface area contributed by atoms with Crippen molar-refractivity contribution in [2.45, 2.75) is 24.3 Å². The molecule has 2 heterocycles. The number of hydrogen-bond donors (Lipinski definition) is 0. The number of benzene rings is 1. The second-order valence-electron chi connectivity index (χ2n) is 5.75. The molecule has 3 aromatic rings. The molecule has 0 N–H and O–H groups in total. The Balaban J connectivity index is 1.75. The first-order valence-electron chi connectivity index (χ1n) is 7.92. The van der Waals surface area contributed by atoms with E-state index in [1.54, 1.807) is 18.2 Å². The van der Waals surface area contributed by atoms with Crippen molar-refractivity contribution in [3.63, 3.8) is 0 Å². The van der Waals surface area contributed by atoms with Crippen molar-refractivity contribution in [1.29, 1.82) is 0 Å². The van der Waals surface area contributed by atoms with Gasteiger partial charge in [-0.05, 0) is 32.0 Å². The summed E-state index contributed by atoms with van der Waals surface area (Å²) in [6.45, 7) is 3.77. The van der Waals surface area contributed by atoms with E-state index in [-0.39, 0.29) is 11.2 Å². The van der Waals surface area contributed by atoms with E-state index in [0.717, 1.165) is 22.8 Å². The molecule has 1 amide bonds. The first-order chi connectivity index (χ1) is 12.0. The minimum absolute atomic E-state index is 0.0141. The highest BCUT2D eigenvalue weighted by Crippen LogP contribution is 2.28. The molecule has 7 heteroatoms. The second kappa shape index (κ2) is 7.14. The summed E-state index contributed by atoms with van der Waals surface area (Å²) in [4.78, 5) is 14.3. The number of furan rings is 1. The maximum Gasteiger partial charge on any atom is 0.240 e. The molecule has 0 aliphatic heterocycles. The fourth-order valence-electron chi connectivity index (χ4n) is 2.53. The molecule has 0 aliphatic rings. The van der Waals surface area contributed by atoms with Gasteiger partial charge in [0.2, 0.25) is 5.91 Å². The summed E-state index contributed by atoms with van der Waals surface area (Å²) >= 11 is 1.39. The summed E-state index contributed by atoms with van der Waals surface area (Å²) in [5, 5.41) is 8.88. The molecular weight excluding hydrogens is 336 g/mol. The van der Waals surface area contributed by atoms with Gasteiger partial charge in [-0.2, -0.15) is 0 Å². The minimum Gasteiger partial charge on any atom is -0.469 e. The SMILES string of the molecule is Cc1occc1-c1nnc(S[C@H](C)C(=O)N(C)c2ccccc2)n1C. The van der Waals surface area contributed by atoms with Crippen molar-refractivity contribution in [1.82, 2.24) is 14.8 Å². The van der Waals surface area contributed by atoms with E-state index in [1.807, 2.05) is 61.9 Å². The van der Waals surface area contributed by atoms with Gasteiger partial charge in [-0.1, -0.05) is 30.0 Å². The van der Waals surface area contributed by atoms with Crippen LogP contribution in [-0.4, -0.2) is 33.0 Å². The number of amides is 1. The number of para-hydroxylation sites is 1. The number of rotatable bonds is 5. The third-order valence-electron chi connectivity index (χ3n) is 4.04. The van der Waals surface area contributed by atoms with Gasteiger partial charge in [0, 0.05) is 19.8 Å². The average molecular weight is 356 g/mol. The molecule has 0 fully saturated rings. The standard InChI is InChI=1S/C18H20N4O2S/c1-12-15(10-11-24-12)16-19-20-18(22(16)4)25-13(2)17(23)21(3)14-8-6-5-7-9-14/h5-11,13H,1-4H3/t13-/m1/s1. The van der Waals surface area contributed by atoms with Gasteiger partial charge in [0.15, 0.2) is 11.0 Å². The Morgan fingerprint density at radius 3 is 2.60 bits per heavy atom. The van der Waals surface area contributed by atoms with Gasteiger partial charge in [0.25, 0.3) is 0 Å². The lowest BCUT2D eigenvalue weighted by molar-refractivity contribution is -0.117. The highest BCUT2D eigenvalue weighted by atomic mass is 32.2. The number of aromatic nitrogens is 3. The molecule has 0 bridgehead atoms. The molecule has 0 saturated heterocycles. The number of nitrogens with zero attached hydrogens (tertiary/aromatic N) is 4. The topological polar surface area (TPSA) is 64.2 Å². The number of anilines is 1. The Morgan fingerprint density at radius 1 is 1.24 bits per heavy atom. The van der Waals surface area contributed by atoms with Crippen LogP contribution in [0.5, 0.6) is 0 Å². The fourth-order valence-corrected chi connectivity index (χ4v) is 3.44. The molecule has 6 nitrogen and oxygen atoms in total. The molecule has 0 radical (unpaired) electrons. The van der Waals surface area contributed by atoms with Crippen molar-refractivity contribution in [3.05, 3.63) is 48.4 Å². The number of aryl methyl sites for hydroxylation is 1. The molecule has 3 rings (SSSR count). The van der Waals surface area contributed by atoms with E-state index >= 15 is 0 Å². The largest absolute Gasteiger partial charge is 0.469 e. The van der Waals surface area contributed by atoms with E-state index in [9.17, 15) is 4.79 Å². The monoisotopic (exact) mass is 356 g/mol. The van der Waals surface area contributed by atoms with Crippen LogP contribution in [-0.2, 0) is 11.8 Å². The lowest BCUT2D eigenvalue weighted by atomic mass is 10.2. The van der Waals surface area contributed by atoms with Crippen LogP contribution in [0.2, 0.25) is 0 Å². The van der Waals surface area contributed by atoms with Gasteiger partial charge < -0.3 is 13.9 Å². The molecule has 1 aromatic carbocycles. The summed E-state index contributed by atoms with van der Waals surface area (Å²) in [7, 11) is 3.67. The van der Waals surface area contributed by atoms with Gasteiger partial charge in [0.1, 0.15) is 5.76 Å². The molecule has 2 aromatic heterocycles. The predicted molar refractivity (Wildman–Crippen MR) is 98.6 cm³/mol. The smallest absolute Gasteiger partial charge is 0.240 e. The van der Waals surface area contributed by atoms with Gasteiger partial charge in [0.05, 0.1) is 17.1 Å². The third-order valence-corrected chi connectivity index (χ3v) is 5.16. The van der Waals surface area contributed by atoms with Crippen molar-refractivity contribution >= 4 is 23.4 Å². The summed E-state index contributed by atoms with van der Waals surface area (Å²) in [5.74, 6) is 1.53. The Labute approximate surface area is 150 Å². The Hall–Kier alpha value is -2.54. The van der Waals surface area contributed by atoms with Crippen LogP contribution in [0.15, 0.2) is 52.2 Å². The van der Waals surface area contributed by atoms with E-state index in [1.165, 1.54) is 11.8 Å². The Bertz CT molecular complexity index is 872. The van der Waals surface area contributed by atoms with Crippen molar-refractivity contribution in [2.75, 3.05) is 11.9 Å². The first-order valence-corrected chi connectivity index (χ1v) is 8.80. The van der Waals surface area contributed by atoms with Gasteiger partial charge in [-0.25, -0.2) is 0 Å². The summed E-state index contributed by atoms with van der Waals surface area (Å²) < 4.78 is 7.22. The first kappa shape index (κ1) is 17.3. The Morgan fingerprint density at radius 2 is 1.96 bits per heavy atom. The molecule has 1 atom stereocenters. The average Bonchev–Trinajstić information content (AvgIpc) is 3.20. The van der Waals surface area contributed by atoms with Crippen LogP contribution < -0.4 is 4.90 Å². The van der Waals surface area contributed by atoms with Crippen LogP contribution in [0.3, 0.4) is 0 Å². The normalized spacial score (nSPS) is 12.2. The fraction of sp³-hybridized carbons (Fsp3) is 0.278. The highest BCUT2D eigenvalue weighted by Gasteiger charge is 2.23. The number of hydrogen-bond acceptors (Lipinski definition) is 5. The van der Waals surface area contributed by atoms with Gasteiger partial charge >= 0.3 is 0 Å². The predicted octanol–water partition coefficient (Wildman–Crippen LogP) is 3.53. The van der Waals surface area contributed by atoms with E-state index in [0.29, 0.717) is 5.16 Å². The van der Waals surface area contributed by atoms with Crippen molar-refractivity contribution in [2.24, 2.45) is 7.05 Å². The third kappa shape index (κ3) is 3.46.